The van der Waals surface area contributed by atoms with Crippen LogP contribution in [0.15, 0.2) is 0 Å². The standard InChI is InChI=1S/C13H27NO2/c1-3-12-4-7-13(16,8-5-12)10-14-9-6-11(2)15/h11-12,14-16H,3-10H2,1-2H3. The van der Waals surface area contributed by atoms with Crippen LogP contribution >= 0.6 is 0 Å². The largest absolute Gasteiger partial charge is 0.393 e. The van der Waals surface area contributed by atoms with Gasteiger partial charge in [0.25, 0.3) is 0 Å². The van der Waals surface area contributed by atoms with Crippen molar-refractivity contribution >= 4 is 0 Å². The van der Waals surface area contributed by atoms with E-state index >= 15 is 0 Å². The lowest BCUT2D eigenvalue weighted by Gasteiger charge is -2.36. The lowest BCUT2D eigenvalue weighted by atomic mass is 9.78. The Morgan fingerprint density at radius 3 is 2.50 bits per heavy atom. The molecule has 1 saturated carbocycles. The second-order valence-corrected chi connectivity index (χ2v) is 5.39. The highest BCUT2D eigenvalue weighted by Gasteiger charge is 2.31. The summed E-state index contributed by atoms with van der Waals surface area (Å²) in [5, 5.41) is 22.7. The van der Waals surface area contributed by atoms with Crippen molar-refractivity contribution in [2.75, 3.05) is 13.1 Å². The quantitative estimate of drug-likeness (QED) is 0.607. The molecule has 0 aromatic carbocycles. The first-order chi connectivity index (χ1) is 7.56. The highest BCUT2D eigenvalue weighted by atomic mass is 16.3. The molecule has 1 atom stereocenters. The van der Waals surface area contributed by atoms with E-state index in [0.29, 0.717) is 6.54 Å². The van der Waals surface area contributed by atoms with Crippen molar-refractivity contribution in [1.82, 2.24) is 5.32 Å². The molecule has 0 aliphatic heterocycles. The normalized spacial score (nSPS) is 32.6. The van der Waals surface area contributed by atoms with Gasteiger partial charge in [-0.05, 0) is 51.5 Å². The average Bonchev–Trinajstić information content (AvgIpc) is 2.26. The van der Waals surface area contributed by atoms with E-state index in [1.165, 1.54) is 6.42 Å². The monoisotopic (exact) mass is 229 g/mol. The fourth-order valence-corrected chi connectivity index (χ4v) is 2.43. The fourth-order valence-electron chi connectivity index (χ4n) is 2.43. The minimum atomic E-state index is -0.496. The molecule has 0 saturated heterocycles. The zero-order valence-corrected chi connectivity index (χ0v) is 10.7. The van der Waals surface area contributed by atoms with Gasteiger partial charge in [-0.15, -0.1) is 0 Å². The summed E-state index contributed by atoms with van der Waals surface area (Å²) >= 11 is 0. The summed E-state index contributed by atoms with van der Waals surface area (Å²) in [4.78, 5) is 0. The van der Waals surface area contributed by atoms with Gasteiger partial charge in [0.05, 0.1) is 11.7 Å². The van der Waals surface area contributed by atoms with Gasteiger partial charge < -0.3 is 15.5 Å². The maximum atomic E-state index is 10.3. The van der Waals surface area contributed by atoms with Crippen LogP contribution < -0.4 is 5.32 Å². The van der Waals surface area contributed by atoms with Crippen molar-refractivity contribution in [2.45, 2.75) is 64.1 Å². The average molecular weight is 229 g/mol. The number of hydrogen-bond donors (Lipinski definition) is 3. The Morgan fingerprint density at radius 2 is 2.00 bits per heavy atom. The highest BCUT2D eigenvalue weighted by Crippen LogP contribution is 2.33. The second kappa shape index (κ2) is 6.58. The van der Waals surface area contributed by atoms with E-state index in [0.717, 1.165) is 44.6 Å². The summed E-state index contributed by atoms with van der Waals surface area (Å²) in [7, 11) is 0. The zero-order chi connectivity index (χ0) is 12.0. The fraction of sp³-hybridized carbons (Fsp3) is 1.00. The predicted molar refractivity (Wildman–Crippen MR) is 66.4 cm³/mol. The lowest BCUT2D eigenvalue weighted by molar-refractivity contribution is -0.00895. The van der Waals surface area contributed by atoms with E-state index in [2.05, 4.69) is 12.2 Å². The Hall–Kier alpha value is -0.120. The van der Waals surface area contributed by atoms with Gasteiger partial charge in [-0.2, -0.15) is 0 Å². The Bertz CT molecular complexity index is 186. The molecule has 0 heterocycles. The zero-order valence-electron chi connectivity index (χ0n) is 10.7. The molecule has 0 aromatic heterocycles. The van der Waals surface area contributed by atoms with Crippen molar-refractivity contribution in [3.05, 3.63) is 0 Å². The van der Waals surface area contributed by atoms with Crippen LogP contribution in [0.25, 0.3) is 0 Å². The van der Waals surface area contributed by atoms with Crippen molar-refractivity contribution in [3.8, 4) is 0 Å². The predicted octanol–water partition coefficient (Wildman–Crippen LogP) is 1.68. The van der Waals surface area contributed by atoms with Gasteiger partial charge in [0.2, 0.25) is 0 Å². The molecule has 1 aliphatic carbocycles. The van der Waals surface area contributed by atoms with Gasteiger partial charge >= 0.3 is 0 Å². The van der Waals surface area contributed by atoms with Crippen molar-refractivity contribution in [3.63, 3.8) is 0 Å². The molecule has 16 heavy (non-hydrogen) atoms. The van der Waals surface area contributed by atoms with E-state index in [1.54, 1.807) is 6.92 Å². The molecule has 0 aromatic rings. The number of aliphatic hydroxyl groups is 2. The van der Waals surface area contributed by atoms with E-state index in [4.69, 9.17) is 5.11 Å². The summed E-state index contributed by atoms with van der Waals surface area (Å²) < 4.78 is 0. The highest BCUT2D eigenvalue weighted by molar-refractivity contribution is 4.87. The number of rotatable bonds is 6. The van der Waals surface area contributed by atoms with Crippen LogP contribution in [0.2, 0.25) is 0 Å². The third-order valence-electron chi connectivity index (χ3n) is 3.81. The smallest absolute Gasteiger partial charge is 0.0771 e. The Kier molecular flexibility index (Phi) is 5.73. The molecule has 0 spiro atoms. The summed E-state index contributed by atoms with van der Waals surface area (Å²) in [5.41, 5.74) is -0.496. The van der Waals surface area contributed by atoms with Gasteiger partial charge in [-0.1, -0.05) is 13.3 Å². The molecule has 3 N–H and O–H groups in total. The van der Waals surface area contributed by atoms with E-state index < -0.39 is 5.60 Å². The van der Waals surface area contributed by atoms with Gasteiger partial charge in [0.1, 0.15) is 0 Å². The second-order valence-electron chi connectivity index (χ2n) is 5.39. The van der Waals surface area contributed by atoms with Crippen LogP contribution in [0.5, 0.6) is 0 Å². The minimum Gasteiger partial charge on any atom is -0.393 e. The maximum absolute atomic E-state index is 10.3. The molecule has 0 radical (unpaired) electrons. The Labute approximate surface area is 99.3 Å². The van der Waals surface area contributed by atoms with E-state index in [9.17, 15) is 5.11 Å². The lowest BCUT2D eigenvalue weighted by Crippen LogP contribution is -2.44. The topological polar surface area (TPSA) is 52.5 Å². The molecule has 1 aliphatic rings. The molecule has 1 rings (SSSR count). The minimum absolute atomic E-state index is 0.252. The van der Waals surface area contributed by atoms with Crippen LogP contribution in [0.1, 0.15) is 52.4 Å². The molecule has 0 bridgehead atoms. The third-order valence-corrected chi connectivity index (χ3v) is 3.81. The van der Waals surface area contributed by atoms with Crippen LogP contribution in [0.4, 0.5) is 0 Å². The van der Waals surface area contributed by atoms with Crippen molar-refractivity contribution in [1.29, 1.82) is 0 Å². The summed E-state index contributed by atoms with van der Waals surface area (Å²) in [6, 6.07) is 0. The Morgan fingerprint density at radius 1 is 1.38 bits per heavy atom. The van der Waals surface area contributed by atoms with Gasteiger partial charge in [-0.25, -0.2) is 0 Å². The van der Waals surface area contributed by atoms with Crippen molar-refractivity contribution < 1.29 is 10.2 Å². The first-order valence-corrected chi connectivity index (χ1v) is 6.67. The van der Waals surface area contributed by atoms with Crippen LogP contribution in [-0.2, 0) is 0 Å². The molecular weight excluding hydrogens is 202 g/mol. The van der Waals surface area contributed by atoms with Crippen LogP contribution in [0, 0.1) is 5.92 Å². The van der Waals surface area contributed by atoms with Gasteiger partial charge in [0.15, 0.2) is 0 Å². The van der Waals surface area contributed by atoms with E-state index in [1.807, 2.05) is 0 Å². The number of hydrogen-bond acceptors (Lipinski definition) is 3. The van der Waals surface area contributed by atoms with E-state index in [-0.39, 0.29) is 6.10 Å². The molecule has 96 valence electrons. The summed E-state index contributed by atoms with van der Waals surface area (Å²) in [6.45, 7) is 5.49. The molecule has 3 heteroatoms. The first kappa shape index (κ1) is 13.9. The first-order valence-electron chi connectivity index (χ1n) is 6.67. The maximum Gasteiger partial charge on any atom is 0.0771 e. The van der Waals surface area contributed by atoms with Crippen LogP contribution in [-0.4, -0.2) is 35.0 Å². The number of nitrogens with one attached hydrogen (secondary N) is 1. The Balaban J connectivity index is 2.16. The molecular formula is C13H27NO2. The summed E-state index contributed by atoms with van der Waals surface area (Å²) in [6.07, 6.45) is 5.91. The van der Waals surface area contributed by atoms with Crippen LogP contribution in [0.3, 0.4) is 0 Å². The summed E-state index contributed by atoms with van der Waals surface area (Å²) in [5.74, 6) is 0.817. The van der Waals surface area contributed by atoms with Gasteiger partial charge in [-0.3, -0.25) is 0 Å². The molecule has 3 nitrogen and oxygen atoms in total. The molecule has 1 unspecified atom stereocenters. The van der Waals surface area contributed by atoms with Crippen molar-refractivity contribution in [2.24, 2.45) is 5.92 Å². The molecule has 0 amide bonds. The third kappa shape index (κ3) is 4.81. The SMILES string of the molecule is CCC1CCC(O)(CNCCC(C)O)CC1. The molecule has 1 fully saturated rings. The van der Waals surface area contributed by atoms with Gasteiger partial charge in [0, 0.05) is 6.54 Å². The number of aliphatic hydroxyl groups excluding tert-OH is 1.